The molecule has 5 aromatic rings. The number of carbonyl (C=O) groups is 2. The molecule has 2 fully saturated rings. The van der Waals surface area contributed by atoms with Crippen LogP contribution in [0.4, 0.5) is 0 Å². The monoisotopic (exact) mass is 1180 g/mol. The van der Waals surface area contributed by atoms with Crippen LogP contribution in [-0.4, -0.2) is 59.6 Å². The van der Waals surface area contributed by atoms with E-state index in [1.807, 2.05) is 121 Å². The van der Waals surface area contributed by atoms with Crippen LogP contribution in [0.5, 0.6) is 11.5 Å². The van der Waals surface area contributed by atoms with Gasteiger partial charge in [0.15, 0.2) is 12.2 Å². The third-order valence-corrected chi connectivity index (χ3v) is 9.60. The third kappa shape index (κ3) is 12.3. The van der Waals surface area contributed by atoms with Crippen LogP contribution < -0.4 is 14.8 Å². The van der Waals surface area contributed by atoms with Crippen molar-refractivity contribution in [3.05, 3.63) is 167 Å². The van der Waals surface area contributed by atoms with Gasteiger partial charge < -0.3 is 29.9 Å². The second-order valence-corrected chi connectivity index (χ2v) is 13.0. The first-order valence-corrected chi connectivity index (χ1v) is 18.2. The largest absolute Gasteiger partial charge is 0.497 e. The van der Waals surface area contributed by atoms with Crippen LogP contribution in [0.15, 0.2) is 145 Å². The number of aliphatic hydroxyl groups excluding tert-OH is 2. The molecule has 286 valence electrons. The fourth-order valence-corrected chi connectivity index (χ4v) is 6.52. The molecule has 2 aliphatic heterocycles. The molecule has 6 atom stereocenters. The van der Waals surface area contributed by atoms with E-state index in [0.29, 0.717) is 0 Å². The van der Waals surface area contributed by atoms with E-state index in [0.717, 1.165) is 46.6 Å². The fraction of sp³-hybridized carbons (Fsp3) is 0.267. The topological polar surface area (TPSA) is 121 Å². The molecule has 2 aliphatic rings. The van der Waals surface area contributed by atoms with Crippen LogP contribution in [0.3, 0.4) is 0 Å². The molecule has 3 N–H and O–H groups in total. The fourth-order valence-electron chi connectivity index (χ4n) is 6.52. The maximum absolute atomic E-state index is 12.3. The molecule has 2 saturated heterocycles. The number of hydrogen-bond donors (Lipinski definition) is 3. The number of ether oxygens (including phenoxy) is 2. The number of rotatable bonds is 11. The Labute approximate surface area is 402 Å². The summed E-state index contributed by atoms with van der Waals surface area (Å²) >= 11 is 0. The van der Waals surface area contributed by atoms with Crippen molar-refractivity contribution in [1.82, 2.24) is 10.2 Å². The number of likely N-dealkylation sites (tertiary alicyclic amines) is 1. The number of benzene rings is 5. The normalized spacial score (nSPS) is 19.1. The molecule has 0 aliphatic carbocycles. The Morgan fingerprint density at radius 3 is 1.59 bits per heavy atom. The molecule has 0 spiro atoms. The van der Waals surface area contributed by atoms with Crippen LogP contribution in [0.1, 0.15) is 78.7 Å². The average molecular weight is 1180 g/mol. The van der Waals surface area contributed by atoms with Gasteiger partial charge in [0.25, 0.3) is 11.8 Å². The van der Waals surface area contributed by atoms with Gasteiger partial charge in [0.05, 0.1) is 38.4 Å². The zero-order chi connectivity index (χ0) is 38.5. The number of hydrogen-bond acceptors (Lipinski definition) is 7. The van der Waals surface area contributed by atoms with E-state index < -0.39 is 12.2 Å². The van der Waals surface area contributed by atoms with Crippen LogP contribution in [0.2, 0.25) is 0 Å². The van der Waals surface area contributed by atoms with Gasteiger partial charge in [-0.05, 0) is 64.9 Å². The Morgan fingerprint density at radius 2 is 1.14 bits per heavy atom. The van der Waals surface area contributed by atoms with Crippen LogP contribution >= 0.6 is 0 Å². The first-order chi connectivity index (χ1) is 26.3. The maximum Gasteiger partial charge on any atom is 0.255 e. The van der Waals surface area contributed by atoms with Gasteiger partial charge in [-0.3, -0.25) is 14.6 Å². The van der Waals surface area contributed by atoms with Gasteiger partial charge in [-0.2, -0.15) is 0 Å². The molecule has 5 unspecified atom stereocenters. The number of aliphatic imine (C=N–C) groups is 1. The number of nitrogens with one attached hydrogen (secondary N) is 1. The summed E-state index contributed by atoms with van der Waals surface area (Å²) in [5, 5.41) is 22.0. The van der Waals surface area contributed by atoms with Crippen LogP contribution in [0, 0.1) is 88.1 Å². The third-order valence-electron chi connectivity index (χ3n) is 9.60. The first kappa shape index (κ1) is 47.5. The Balaban J connectivity index is 0.000000231. The van der Waals surface area contributed by atoms with Crippen molar-refractivity contribution >= 4 is 18.0 Å². The number of amides is 2. The van der Waals surface area contributed by atoms with Crippen molar-refractivity contribution in [2.45, 2.75) is 63.1 Å². The minimum atomic E-state index is -0.954. The van der Waals surface area contributed by atoms with Crippen LogP contribution in [0.25, 0.3) is 0 Å². The summed E-state index contributed by atoms with van der Waals surface area (Å²) in [4.78, 5) is 29.4. The molecular formula is C45H49Ac2N3O6. The number of carbonyl (C=O) groups excluding carboxylic acids is 2. The van der Waals surface area contributed by atoms with Crippen molar-refractivity contribution in [3.63, 3.8) is 0 Å². The van der Waals surface area contributed by atoms with E-state index in [1.165, 1.54) is 5.56 Å². The summed E-state index contributed by atoms with van der Waals surface area (Å²) in [5.41, 5.74) is 5.32. The molecule has 0 saturated carbocycles. The Morgan fingerprint density at radius 1 is 0.661 bits per heavy atom. The predicted molar refractivity (Wildman–Crippen MR) is 211 cm³/mol. The molecule has 2 amide bonds. The van der Waals surface area contributed by atoms with E-state index >= 15 is 0 Å². The molecule has 11 heteroatoms. The maximum atomic E-state index is 12.3. The predicted octanol–water partition coefficient (Wildman–Crippen LogP) is 7.57. The molecule has 7 rings (SSSR count). The van der Waals surface area contributed by atoms with Gasteiger partial charge in [-0.25, -0.2) is 0 Å². The summed E-state index contributed by atoms with van der Waals surface area (Å²) in [7, 11) is 3.31. The van der Waals surface area contributed by atoms with Crippen molar-refractivity contribution in [3.8, 4) is 11.5 Å². The summed E-state index contributed by atoms with van der Waals surface area (Å²) in [6.45, 7) is 4.20. The summed E-state index contributed by atoms with van der Waals surface area (Å²) < 4.78 is 10.4. The van der Waals surface area contributed by atoms with E-state index in [-0.39, 0.29) is 124 Å². The van der Waals surface area contributed by atoms with Crippen LogP contribution in [-0.2, 0) is 9.59 Å². The Bertz CT molecular complexity index is 1930. The van der Waals surface area contributed by atoms with Gasteiger partial charge in [0.2, 0.25) is 0 Å². The summed E-state index contributed by atoms with van der Waals surface area (Å²) in [6, 6.07) is 44.8. The number of nitrogens with zero attached hydrogens (tertiary/aromatic N) is 2. The van der Waals surface area contributed by atoms with Crippen molar-refractivity contribution in [2.75, 3.05) is 14.2 Å². The van der Waals surface area contributed by atoms with Gasteiger partial charge in [-0.15, -0.1) is 0 Å². The van der Waals surface area contributed by atoms with Gasteiger partial charge >= 0.3 is 0 Å². The average Bonchev–Trinajstić information content (AvgIpc) is 3.24. The minimum Gasteiger partial charge on any atom is -0.497 e. The summed E-state index contributed by atoms with van der Waals surface area (Å²) in [5.74, 6) is 1.18. The SMILES string of the molecule is CCC(N=Cc1ccccc1)c1ccc(OC)cc1.CC[C@@H](c1ccc(OC)cc1)N1C(=O)C(O)C1c1ccccc1.O=C1NC(c2ccccc2)C1O.[Ac].[Ac]. The van der Waals surface area contributed by atoms with E-state index in [1.54, 1.807) is 19.1 Å². The first-order valence-electron chi connectivity index (χ1n) is 18.2. The molecule has 0 aromatic heterocycles. The summed E-state index contributed by atoms with van der Waals surface area (Å²) in [6.07, 6.45) is 1.89. The van der Waals surface area contributed by atoms with Gasteiger partial charge in [-0.1, -0.05) is 129 Å². The second-order valence-electron chi connectivity index (χ2n) is 13.0. The van der Waals surface area contributed by atoms with Gasteiger partial charge in [0.1, 0.15) is 11.5 Å². The van der Waals surface area contributed by atoms with E-state index in [4.69, 9.17) is 9.47 Å². The van der Waals surface area contributed by atoms with Crippen molar-refractivity contribution < 1.29 is 117 Å². The quantitative estimate of drug-likeness (QED) is 0.0928. The number of aliphatic hydroxyl groups is 2. The van der Waals surface area contributed by atoms with Crippen molar-refractivity contribution in [1.29, 1.82) is 0 Å². The molecule has 0 bridgehead atoms. The zero-order valence-electron chi connectivity index (χ0n) is 32.3. The number of β-lactam (4-membered cyclic amide) rings is 2. The van der Waals surface area contributed by atoms with E-state index in [9.17, 15) is 19.8 Å². The smallest absolute Gasteiger partial charge is 0.255 e. The Hall–Kier alpha value is -2.89. The van der Waals surface area contributed by atoms with E-state index in [2.05, 4.69) is 48.4 Å². The van der Waals surface area contributed by atoms with Gasteiger partial charge in [0, 0.05) is 94.3 Å². The number of methoxy groups -OCH3 is 2. The molecule has 2 radical (unpaired) electrons. The Kier molecular flexibility index (Phi) is 20.5. The molecule has 5 aromatic carbocycles. The minimum absolute atomic E-state index is 0. The van der Waals surface area contributed by atoms with Crippen molar-refractivity contribution in [2.24, 2.45) is 4.99 Å². The molecular weight excluding hydrogens is 1130 g/mol. The zero-order valence-corrected chi connectivity index (χ0v) is 41.8. The second kappa shape index (κ2) is 24.1. The molecule has 2 heterocycles. The standard InChI is InChI=1S/C19H21NO3.C17H19NO.C9H9NO2.2Ac/c1-3-16(13-9-11-15(23-2)12-10-13)20-17(18(21)19(20)22)14-7-5-4-6-8-14;1-3-17(15-9-11-16(19-2)12-10-15)18-13-14-7-5-4-6-8-14;11-8-7(10-9(8)12)6-4-2-1-3-5-6;;/h4-12,16-18,21H,3H2,1-2H3;4-13,17H,3H2,1-2H3;1-5,7-8,11H,(H,10,12);;/t16-,17?,18?;;;;/m0..../s1. The molecule has 56 heavy (non-hydrogen) atoms. The molecule has 9 nitrogen and oxygen atoms in total.